The highest BCUT2D eigenvalue weighted by Crippen LogP contribution is 2.38. The Bertz CT molecular complexity index is 708. The van der Waals surface area contributed by atoms with Crippen molar-refractivity contribution < 1.29 is 19.1 Å². The lowest BCUT2D eigenvalue weighted by atomic mass is 10.1. The summed E-state index contributed by atoms with van der Waals surface area (Å²) in [5, 5.41) is 5.92. The zero-order chi connectivity index (χ0) is 20.5. The third-order valence-corrected chi connectivity index (χ3v) is 10.5. The monoisotopic (exact) mass is 456 g/mol. The van der Waals surface area contributed by atoms with Crippen molar-refractivity contribution >= 4 is 51.5 Å². The van der Waals surface area contributed by atoms with Crippen molar-refractivity contribution in [1.29, 1.82) is 0 Å². The Balaban J connectivity index is 1.25. The highest BCUT2D eigenvalue weighted by Gasteiger charge is 2.31. The van der Waals surface area contributed by atoms with Crippen LogP contribution in [0.5, 0.6) is 5.75 Å². The number of imide groups is 1. The van der Waals surface area contributed by atoms with E-state index in [4.69, 9.17) is 4.74 Å². The summed E-state index contributed by atoms with van der Waals surface area (Å²) < 4.78 is 5.66. The minimum Gasteiger partial charge on any atom is -0.492 e. The fraction of sp³-hybridized carbons (Fsp3) is 0.550. The lowest BCUT2D eigenvalue weighted by molar-refractivity contribution is -0.121. The van der Waals surface area contributed by atoms with Crippen LogP contribution in [0.15, 0.2) is 24.3 Å². The fourth-order valence-corrected chi connectivity index (χ4v) is 9.05. The van der Waals surface area contributed by atoms with Crippen molar-refractivity contribution in [2.24, 2.45) is 0 Å². The van der Waals surface area contributed by atoms with Crippen molar-refractivity contribution in [2.45, 2.75) is 30.9 Å². The van der Waals surface area contributed by atoms with Gasteiger partial charge in [-0.25, -0.2) is 10.9 Å². The standard InChI is InChI=1S/C20H28N2O4S3/c23-18(3-1-2-11-29-12-10-27-14-29)21-8-9-26-16-6-4-15(5-7-16)13-17-19(24)22-20(25)28-17/h4-7,17,29H,1-3,8-14H2,(H,21,23)(H,22,24,25). The average Bonchev–Trinajstić information content (AvgIpc) is 3.33. The molecule has 1 aromatic rings. The zero-order valence-corrected chi connectivity index (χ0v) is 18.9. The quantitative estimate of drug-likeness (QED) is 0.351. The maximum absolute atomic E-state index is 11.9. The summed E-state index contributed by atoms with van der Waals surface area (Å²) in [4.78, 5) is 34.7. The Kier molecular flexibility index (Phi) is 9.07. The van der Waals surface area contributed by atoms with E-state index in [0.717, 1.165) is 35.9 Å². The van der Waals surface area contributed by atoms with E-state index >= 15 is 0 Å². The third-order valence-electron chi connectivity index (χ3n) is 4.76. The van der Waals surface area contributed by atoms with Crippen LogP contribution in [-0.4, -0.2) is 57.8 Å². The second-order valence-electron chi connectivity index (χ2n) is 7.04. The molecule has 1 aromatic carbocycles. The summed E-state index contributed by atoms with van der Waals surface area (Å²) in [6.45, 7) is 0.911. The fourth-order valence-electron chi connectivity index (χ4n) is 3.16. The van der Waals surface area contributed by atoms with E-state index in [1.807, 2.05) is 24.3 Å². The van der Waals surface area contributed by atoms with Gasteiger partial charge in [-0.2, -0.15) is 11.8 Å². The van der Waals surface area contributed by atoms with Gasteiger partial charge in [-0.1, -0.05) is 23.9 Å². The van der Waals surface area contributed by atoms with Crippen molar-refractivity contribution in [3.8, 4) is 5.75 Å². The minimum absolute atomic E-state index is 0.0967. The predicted octanol–water partition coefficient (Wildman–Crippen LogP) is 2.95. The van der Waals surface area contributed by atoms with Crippen molar-refractivity contribution in [1.82, 2.24) is 10.6 Å². The van der Waals surface area contributed by atoms with E-state index in [9.17, 15) is 14.4 Å². The number of nitrogens with one attached hydrogen (secondary N) is 2. The van der Waals surface area contributed by atoms with Crippen LogP contribution in [0, 0.1) is 0 Å². The van der Waals surface area contributed by atoms with Crippen LogP contribution in [-0.2, 0) is 16.0 Å². The normalized spacial score (nSPS) is 22.5. The molecule has 2 aliphatic rings. The number of unbranched alkanes of at least 4 members (excludes halogenated alkanes) is 1. The van der Waals surface area contributed by atoms with Crippen molar-refractivity contribution in [2.75, 3.05) is 35.5 Å². The van der Waals surface area contributed by atoms with Gasteiger partial charge in [-0.3, -0.25) is 19.7 Å². The molecule has 2 unspecified atom stereocenters. The molecular formula is C20H28N2O4S3. The van der Waals surface area contributed by atoms with E-state index in [1.165, 1.54) is 22.3 Å². The molecule has 2 heterocycles. The molecule has 0 radical (unpaired) electrons. The number of rotatable bonds is 11. The number of ether oxygens (including phenoxy) is 1. The van der Waals surface area contributed by atoms with Crippen LogP contribution in [0.2, 0.25) is 0 Å². The van der Waals surface area contributed by atoms with Gasteiger partial charge < -0.3 is 10.1 Å². The second kappa shape index (κ2) is 11.8. The summed E-state index contributed by atoms with van der Waals surface area (Å²) in [7, 11) is 0.249. The van der Waals surface area contributed by atoms with Crippen LogP contribution in [0.4, 0.5) is 4.79 Å². The van der Waals surface area contributed by atoms with Crippen LogP contribution >= 0.6 is 34.4 Å². The summed E-state index contributed by atoms with van der Waals surface area (Å²) in [5.41, 5.74) is 0.977. The third kappa shape index (κ3) is 7.79. The number of carbonyl (C=O) groups is 3. The van der Waals surface area contributed by atoms with Gasteiger partial charge in [0, 0.05) is 17.3 Å². The predicted molar refractivity (Wildman–Crippen MR) is 123 cm³/mol. The molecular weight excluding hydrogens is 428 g/mol. The molecule has 0 aromatic heterocycles. The minimum atomic E-state index is -0.359. The summed E-state index contributed by atoms with van der Waals surface area (Å²) in [6, 6.07) is 7.49. The van der Waals surface area contributed by atoms with Crippen LogP contribution in [0.1, 0.15) is 24.8 Å². The van der Waals surface area contributed by atoms with Gasteiger partial charge in [-0.15, -0.1) is 0 Å². The first kappa shape index (κ1) is 22.4. The molecule has 2 atom stereocenters. The van der Waals surface area contributed by atoms with E-state index in [2.05, 4.69) is 22.4 Å². The molecule has 0 spiro atoms. The van der Waals surface area contributed by atoms with Crippen LogP contribution in [0.3, 0.4) is 0 Å². The molecule has 2 fully saturated rings. The first-order chi connectivity index (χ1) is 14.1. The van der Waals surface area contributed by atoms with Gasteiger partial charge in [0.05, 0.1) is 11.8 Å². The topological polar surface area (TPSA) is 84.5 Å². The molecule has 3 amide bonds. The lowest BCUT2D eigenvalue weighted by Crippen LogP contribution is -2.27. The molecule has 9 heteroatoms. The number of hydrogen-bond acceptors (Lipinski definition) is 6. The molecule has 160 valence electrons. The average molecular weight is 457 g/mol. The number of benzene rings is 1. The largest absolute Gasteiger partial charge is 0.492 e. The Morgan fingerprint density at radius 2 is 2.07 bits per heavy atom. The summed E-state index contributed by atoms with van der Waals surface area (Å²) in [5.74, 6) is 4.63. The second-order valence-corrected chi connectivity index (χ2v) is 12.3. The van der Waals surface area contributed by atoms with E-state index < -0.39 is 0 Å². The highest BCUT2D eigenvalue weighted by molar-refractivity contribution is 8.29. The van der Waals surface area contributed by atoms with Gasteiger partial charge in [0.1, 0.15) is 12.4 Å². The summed E-state index contributed by atoms with van der Waals surface area (Å²) in [6.07, 6.45) is 3.25. The van der Waals surface area contributed by atoms with Gasteiger partial charge >= 0.3 is 0 Å². The highest BCUT2D eigenvalue weighted by atomic mass is 32.2. The van der Waals surface area contributed by atoms with Gasteiger partial charge in [0.25, 0.3) is 5.24 Å². The number of amides is 3. The Hall–Kier alpha value is -1.32. The van der Waals surface area contributed by atoms with Crippen LogP contribution < -0.4 is 15.4 Å². The molecule has 0 saturated carbocycles. The summed E-state index contributed by atoms with van der Waals surface area (Å²) >= 11 is 3.11. The van der Waals surface area contributed by atoms with Gasteiger partial charge in [0.2, 0.25) is 11.8 Å². The van der Waals surface area contributed by atoms with Crippen molar-refractivity contribution in [3.05, 3.63) is 29.8 Å². The molecule has 2 saturated heterocycles. The molecule has 0 aliphatic carbocycles. The lowest BCUT2D eigenvalue weighted by Gasteiger charge is -2.12. The van der Waals surface area contributed by atoms with Crippen molar-refractivity contribution in [3.63, 3.8) is 0 Å². The number of hydrogen-bond donors (Lipinski definition) is 3. The smallest absolute Gasteiger partial charge is 0.286 e. The molecule has 2 N–H and O–H groups in total. The van der Waals surface area contributed by atoms with E-state index in [-0.39, 0.29) is 33.2 Å². The first-order valence-electron chi connectivity index (χ1n) is 9.90. The Labute approximate surface area is 183 Å². The maximum Gasteiger partial charge on any atom is 0.286 e. The Morgan fingerprint density at radius 1 is 1.24 bits per heavy atom. The molecule has 29 heavy (non-hydrogen) atoms. The molecule has 6 nitrogen and oxygen atoms in total. The number of carbonyl (C=O) groups excluding carboxylic acids is 3. The molecule has 3 rings (SSSR count). The SMILES string of the molecule is O=C(CCCC[SH]1CCSC1)NCCOc1ccc(CC2SC(=O)NC2=O)cc1. The molecule has 0 bridgehead atoms. The number of thioether (sulfide) groups is 2. The van der Waals surface area contributed by atoms with E-state index in [1.54, 1.807) is 0 Å². The van der Waals surface area contributed by atoms with Crippen LogP contribution in [0.25, 0.3) is 0 Å². The molecule has 2 aliphatic heterocycles. The first-order valence-corrected chi connectivity index (χ1v) is 13.8. The zero-order valence-electron chi connectivity index (χ0n) is 16.4. The van der Waals surface area contributed by atoms with Gasteiger partial charge in [-0.05, 0) is 48.5 Å². The number of thiol groups is 1. The van der Waals surface area contributed by atoms with E-state index in [0.29, 0.717) is 26.0 Å². The van der Waals surface area contributed by atoms with Gasteiger partial charge in [0.15, 0.2) is 0 Å². The Morgan fingerprint density at radius 3 is 2.76 bits per heavy atom. The maximum atomic E-state index is 11.9.